The van der Waals surface area contributed by atoms with Gasteiger partial charge in [-0.15, -0.1) is 0 Å². The first-order valence-corrected chi connectivity index (χ1v) is 6.53. The Labute approximate surface area is 118 Å². The third kappa shape index (κ3) is 2.22. The quantitative estimate of drug-likeness (QED) is 0.673. The van der Waals surface area contributed by atoms with Gasteiger partial charge in [-0.25, -0.2) is 0 Å². The van der Waals surface area contributed by atoms with Crippen molar-refractivity contribution in [1.29, 1.82) is 5.26 Å². The number of H-pyrrole nitrogens is 1. The van der Waals surface area contributed by atoms with Crippen LogP contribution in [0.2, 0.25) is 0 Å². The Bertz CT molecular complexity index is 832. The number of hydrogen-bond donors (Lipinski definition) is 1. The summed E-state index contributed by atoms with van der Waals surface area (Å²) in [5, 5.41) is 10.5. The average Bonchev–Trinajstić information content (AvgIpc) is 2.89. The van der Waals surface area contributed by atoms with Crippen LogP contribution in [0.25, 0.3) is 22.6 Å². The molecule has 0 saturated carbocycles. The highest BCUT2D eigenvalue weighted by molar-refractivity contribution is 6.01. The lowest BCUT2D eigenvalue weighted by Crippen LogP contribution is -1.81. The number of allylic oxidation sites excluding steroid dienone is 1. The molecule has 0 atom stereocenters. The van der Waals surface area contributed by atoms with Gasteiger partial charge in [-0.3, -0.25) is 0 Å². The lowest BCUT2D eigenvalue weighted by atomic mass is 10.0. The van der Waals surface area contributed by atoms with Crippen LogP contribution in [-0.2, 0) is 0 Å². The third-order valence-electron chi connectivity index (χ3n) is 3.35. The minimum absolute atomic E-state index is 0.674. The highest BCUT2D eigenvalue weighted by atomic mass is 14.7. The molecule has 0 amide bonds. The van der Waals surface area contributed by atoms with Gasteiger partial charge < -0.3 is 4.98 Å². The predicted octanol–water partition coefficient (Wildman–Crippen LogP) is 4.54. The molecule has 2 heteroatoms. The molecule has 0 aliphatic heterocycles. The fourth-order valence-corrected chi connectivity index (χ4v) is 2.39. The normalized spacial score (nSPS) is 11.5. The van der Waals surface area contributed by atoms with E-state index < -0.39 is 0 Å². The van der Waals surface area contributed by atoms with Crippen LogP contribution >= 0.6 is 0 Å². The Balaban J connectivity index is 2.13. The number of nitriles is 1. The summed E-state index contributed by atoms with van der Waals surface area (Å²) in [5.41, 5.74) is 4.91. The minimum Gasteiger partial charge on any atom is -0.361 e. The molecule has 3 rings (SSSR count). The van der Waals surface area contributed by atoms with E-state index in [1.165, 1.54) is 5.56 Å². The van der Waals surface area contributed by atoms with Crippen molar-refractivity contribution in [2.45, 2.75) is 6.92 Å². The second-order valence-electron chi connectivity index (χ2n) is 4.83. The van der Waals surface area contributed by atoms with Crippen LogP contribution in [0.5, 0.6) is 0 Å². The summed E-state index contributed by atoms with van der Waals surface area (Å²) < 4.78 is 0. The smallest absolute Gasteiger partial charge is 0.0998 e. The second kappa shape index (κ2) is 5.07. The van der Waals surface area contributed by atoms with Gasteiger partial charge in [0.2, 0.25) is 0 Å². The van der Waals surface area contributed by atoms with Crippen LogP contribution in [0.1, 0.15) is 16.7 Å². The van der Waals surface area contributed by atoms with E-state index >= 15 is 0 Å². The first kappa shape index (κ1) is 12.3. The van der Waals surface area contributed by atoms with Crippen molar-refractivity contribution in [2.24, 2.45) is 0 Å². The number of nitrogens with one attached hydrogen (secondary N) is 1. The van der Waals surface area contributed by atoms with Crippen molar-refractivity contribution < 1.29 is 0 Å². The summed E-state index contributed by atoms with van der Waals surface area (Å²) in [7, 11) is 0. The van der Waals surface area contributed by atoms with Crippen LogP contribution in [0.15, 0.2) is 54.7 Å². The fraction of sp³-hybridized carbons (Fsp3) is 0.0556. The SMILES string of the molecule is Cc1cccc(/C=C(\C#N)c2c[nH]c3ccccc23)c1. The molecule has 20 heavy (non-hydrogen) atoms. The lowest BCUT2D eigenvalue weighted by molar-refractivity contribution is 1.45. The standard InChI is InChI=1S/C18H14N2/c1-13-5-4-6-14(9-13)10-15(11-19)17-12-20-18-8-3-2-7-16(17)18/h2-10,12,20H,1H3/b15-10+. The number of fused-ring (bicyclic) bond motifs is 1. The van der Waals surface area contributed by atoms with E-state index in [0.717, 1.165) is 22.0 Å². The van der Waals surface area contributed by atoms with Crippen LogP contribution in [0.4, 0.5) is 0 Å². The number of benzene rings is 2. The number of aromatic nitrogens is 1. The Kier molecular flexibility index (Phi) is 3.10. The Morgan fingerprint density at radius 1 is 1.15 bits per heavy atom. The zero-order chi connectivity index (χ0) is 13.9. The summed E-state index contributed by atoms with van der Waals surface area (Å²) >= 11 is 0. The zero-order valence-electron chi connectivity index (χ0n) is 11.2. The molecule has 1 N–H and O–H groups in total. The van der Waals surface area contributed by atoms with E-state index in [1.807, 2.05) is 48.7 Å². The fourth-order valence-electron chi connectivity index (χ4n) is 2.39. The molecule has 2 nitrogen and oxygen atoms in total. The third-order valence-corrected chi connectivity index (χ3v) is 3.35. The summed E-state index contributed by atoms with van der Waals surface area (Å²) in [6.07, 6.45) is 3.83. The van der Waals surface area contributed by atoms with E-state index in [0.29, 0.717) is 5.57 Å². The Morgan fingerprint density at radius 3 is 2.80 bits per heavy atom. The number of para-hydroxylation sites is 1. The van der Waals surface area contributed by atoms with Crippen molar-refractivity contribution in [2.75, 3.05) is 0 Å². The molecule has 0 saturated heterocycles. The van der Waals surface area contributed by atoms with E-state index in [-0.39, 0.29) is 0 Å². The van der Waals surface area contributed by atoms with Crippen molar-refractivity contribution in [3.05, 3.63) is 71.4 Å². The van der Waals surface area contributed by atoms with Gasteiger partial charge in [-0.2, -0.15) is 5.26 Å². The van der Waals surface area contributed by atoms with Crippen molar-refractivity contribution in [3.8, 4) is 6.07 Å². The molecular weight excluding hydrogens is 244 g/mol. The molecule has 96 valence electrons. The molecule has 1 heterocycles. The van der Waals surface area contributed by atoms with Crippen LogP contribution < -0.4 is 0 Å². The summed E-state index contributed by atoms with van der Waals surface area (Å²) in [6.45, 7) is 2.05. The van der Waals surface area contributed by atoms with Gasteiger partial charge in [0, 0.05) is 22.7 Å². The molecular formula is C18H14N2. The van der Waals surface area contributed by atoms with E-state index in [1.54, 1.807) is 0 Å². The molecule has 0 unspecified atom stereocenters. The van der Waals surface area contributed by atoms with Crippen LogP contribution in [0.3, 0.4) is 0 Å². The highest BCUT2D eigenvalue weighted by Crippen LogP contribution is 2.26. The number of hydrogen-bond acceptors (Lipinski definition) is 1. The first-order chi connectivity index (χ1) is 9.78. The highest BCUT2D eigenvalue weighted by Gasteiger charge is 2.07. The largest absolute Gasteiger partial charge is 0.361 e. The van der Waals surface area contributed by atoms with Crippen LogP contribution in [-0.4, -0.2) is 4.98 Å². The van der Waals surface area contributed by atoms with Gasteiger partial charge in [0.1, 0.15) is 0 Å². The second-order valence-corrected chi connectivity index (χ2v) is 4.83. The number of aromatic amines is 1. The maximum Gasteiger partial charge on any atom is 0.0998 e. The molecule has 0 spiro atoms. The maximum atomic E-state index is 9.46. The monoisotopic (exact) mass is 258 g/mol. The van der Waals surface area contributed by atoms with Crippen molar-refractivity contribution in [3.63, 3.8) is 0 Å². The first-order valence-electron chi connectivity index (χ1n) is 6.53. The summed E-state index contributed by atoms with van der Waals surface area (Å²) in [6, 6.07) is 18.5. The molecule has 0 radical (unpaired) electrons. The summed E-state index contributed by atoms with van der Waals surface area (Å²) in [5.74, 6) is 0. The molecule has 0 fully saturated rings. The molecule has 3 aromatic rings. The Morgan fingerprint density at radius 2 is 2.00 bits per heavy atom. The molecule has 2 aromatic carbocycles. The Hall–Kier alpha value is -2.79. The zero-order valence-corrected chi connectivity index (χ0v) is 11.2. The van der Waals surface area contributed by atoms with Gasteiger partial charge in [0.05, 0.1) is 11.6 Å². The van der Waals surface area contributed by atoms with Gasteiger partial charge in [-0.1, -0.05) is 48.0 Å². The van der Waals surface area contributed by atoms with Gasteiger partial charge in [-0.05, 0) is 24.6 Å². The topological polar surface area (TPSA) is 39.6 Å². The van der Waals surface area contributed by atoms with Gasteiger partial charge >= 0.3 is 0 Å². The minimum atomic E-state index is 0.674. The lowest BCUT2D eigenvalue weighted by Gasteiger charge is -1.99. The average molecular weight is 258 g/mol. The maximum absolute atomic E-state index is 9.46. The molecule has 1 aromatic heterocycles. The molecule has 0 aliphatic rings. The van der Waals surface area contributed by atoms with E-state index in [2.05, 4.69) is 30.1 Å². The number of rotatable bonds is 2. The number of aryl methyl sites for hydroxylation is 1. The van der Waals surface area contributed by atoms with Gasteiger partial charge in [0.15, 0.2) is 0 Å². The molecule has 0 aliphatic carbocycles. The number of nitrogens with zero attached hydrogens (tertiary/aromatic N) is 1. The van der Waals surface area contributed by atoms with Crippen molar-refractivity contribution in [1.82, 2.24) is 4.98 Å². The van der Waals surface area contributed by atoms with E-state index in [9.17, 15) is 5.26 Å². The van der Waals surface area contributed by atoms with Gasteiger partial charge in [0.25, 0.3) is 0 Å². The van der Waals surface area contributed by atoms with Crippen molar-refractivity contribution >= 4 is 22.6 Å². The van der Waals surface area contributed by atoms with Crippen LogP contribution in [0, 0.1) is 18.3 Å². The predicted molar refractivity (Wildman–Crippen MR) is 83.0 cm³/mol. The summed E-state index contributed by atoms with van der Waals surface area (Å²) in [4.78, 5) is 3.21. The molecule has 0 bridgehead atoms. The van der Waals surface area contributed by atoms with E-state index in [4.69, 9.17) is 0 Å².